The van der Waals surface area contributed by atoms with Gasteiger partial charge < -0.3 is 14.0 Å². The fraction of sp³-hybridized carbons (Fsp3) is 0.0645. The summed E-state index contributed by atoms with van der Waals surface area (Å²) >= 11 is 1.39. The van der Waals surface area contributed by atoms with Crippen molar-refractivity contribution in [3.05, 3.63) is 120 Å². The molecule has 3 heterocycles. The van der Waals surface area contributed by atoms with Gasteiger partial charge in [0.15, 0.2) is 10.2 Å². The molecule has 0 saturated heterocycles. The van der Waals surface area contributed by atoms with Crippen LogP contribution in [0.5, 0.6) is 0 Å². The second-order valence-corrected chi connectivity index (χ2v) is 10.1. The van der Waals surface area contributed by atoms with Crippen LogP contribution in [-0.2, 0) is 0 Å². The molecule has 0 atom stereocenters. The molecule has 192 valence electrons. The van der Waals surface area contributed by atoms with E-state index in [9.17, 15) is 4.79 Å². The van der Waals surface area contributed by atoms with Gasteiger partial charge in [0.05, 0.1) is 22.9 Å². The van der Waals surface area contributed by atoms with Gasteiger partial charge in [0, 0.05) is 16.9 Å². The number of carbonyl (C=O) groups excluding carboxylic acids is 1. The van der Waals surface area contributed by atoms with Crippen molar-refractivity contribution in [3.8, 4) is 16.9 Å². The van der Waals surface area contributed by atoms with Gasteiger partial charge in [0.25, 0.3) is 5.91 Å². The van der Waals surface area contributed by atoms with Gasteiger partial charge in [-0.15, -0.1) is 0 Å². The molecule has 0 saturated carbocycles. The van der Waals surface area contributed by atoms with Crippen LogP contribution in [0.4, 0.5) is 0 Å². The summed E-state index contributed by atoms with van der Waals surface area (Å²) in [5, 5.41) is 5.48. The average molecular weight is 532 g/mol. The van der Waals surface area contributed by atoms with E-state index >= 15 is 0 Å². The van der Waals surface area contributed by atoms with Crippen molar-refractivity contribution in [3.63, 3.8) is 0 Å². The number of carbonyl (C=O) groups is 1. The Labute approximate surface area is 229 Å². The van der Waals surface area contributed by atoms with Crippen LogP contribution in [0.2, 0.25) is 0 Å². The highest BCUT2D eigenvalue weighted by molar-refractivity contribution is 7.99. The van der Waals surface area contributed by atoms with E-state index < -0.39 is 0 Å². The first kappa shape index (κ1) is 24.5. The number of hydrazone groups is 1. The van der Waals surface area contributed by atoms with Crippen LogP contribution in [0, 0.1) is 13.8 Å². The lowest BCUT2D eigenvalue weighted by molar-refractivity contribution is 0.0955. The molecule has 0 aliphatic carbocycles. The van der Waals surface area contributed by atoms with Crippen LogP contribution in [0.15, 0.2) is 117 Å². The SMILES string of the molecule is Cc1ccc2nc(Sc3ccc(/C=N/NC(=O)c4ccc(-n5c(C)ccc5-c5ccccc5)cc4)o3)[nH]c2c1. The highest BCUT2D eigenvalue weighted by Gasteiger charge is 2.11. The monoisotopic (exact) mass is 531 g/mol. The minimum atomic E-state index is -0.302. The van der Waals surface area contributed by atoms with E-state index in [1.165, 1.54) is 23.5 Å². The smallest absolute Gasteiger partial charge is 0.271 e. The number of rotatable bonds is 7. The van der Waals surface area contributed by atoms with Crippen LogP contribution in [0.25, 0.3) is 28.0 Å². The standard InChI is InChI=1S/C31H25N5O2S/c1-20-8-15-26-27(18-20)34-31(33-26)39-29-17-14-25(38-29)19-32-35-30(37)23-10-12-24(13-11-23)36-21(2)9-16-28(36)22-6-4-3-5-7-22/h3-19H,1-2H3,(H,33,34)(H,35,37)/b32-19+. The molecule has 0 bridgehead atoms. The number of H-pyrrole nitrogens is 1. The number of amides is 1. The normalized spacial score (nSPS) is 11.4. The van der Waals surface area contributed by atoms with Crippen molar-refractivity contribution in [1.82, 2.24) is 20.0 Å². The quantitative estimate of drug-likeness (QED) is 0.169. The number of nitrogens with one attached hydrogen (secondary N) is 2. The first-order chi connectivity index (χ1) is 19.0. The summed E-state index contributed by atoms with van der Waals surface area (Å²) in [7, 11) is 0. The Balaban J connectivity index is 1.09. The second-order valence-electron chi connectivity index (χ2n) is 9.13. The highest BCUT2D eigenvalue weighted by atomic mass is 32.2. The van der Waals surface area contributed by atoms with Crippen LogP contribution in [0.3, 0.4) is 0 Å². The summed E-state index contributed by atoms with van der Waals surface area (Å²) in [6, 6.07) is 31.6. The number of nitrogens with zero attached hydrogens (tertiary/aromatic N) is 3. The molecule has 2 N–H and O–H groups in total. The highest BCUT2D eigenvalue weighted by Crippen LogP contribution is 2.29. The van der Waals surface area contributed by atoms with E-state index in [4.69, 9.17) is 4.42 Å². The molecule has 0 unspecified atom stereocenters. The van der Waals surface area contributed by atoms with Gasteiger partial charge in [0.2, 0.25) is 0 Å². The molecule has 6 rings (SSSR count). The van der Waals surface area contributed by atoms with E-state index in [1.54, 1.807) is 18.2 Å². The molecular formula is C31H25N5O2S. The topological polar surface area (TPSA) is 88.2 Å². The lowest BCUT2D eigenvalue weighted by Gasteiger charge is -2.12. The largest absolute Gasteiger partial charge is 0.448 e. The molecule has 7 nitrogen and oxygen atoms in total. The zero-order valence-corrected chi connectivity index (χ0v) is 22.2. The van der Waals surface area contributed by atoms with Crippen LogP contribution in [-0.4, -0.2) is 26.7 Å². The van der Waals surface area contributed by atoms with Gasteiger partial charge >= 0.3 is 0 Å². The number of aromatic nitrogens is 3. The Bertz CT molecular complexity index is 1800. The minimum absolute atomic E-state index is 0.302. The Morgan fingerprint density at radius 2 is 1.79 bits per heavy atom. The van der Waals surface area contributed by atoms with Gasteiger partial charge in [-0.3, -0.25) is 4.79 Å². The molecule has 8 heteroatoms. The van der Waals surface area contributed by atoms with Crippen LogP contribution >= 0.6 is 11.8 Å². The lowest BCUT2D eigenvalue weighted by Crippen LogP contribution is -2.17. The van der Waals surface area contributed by atoms with Crippen molar-refractivity contribution >= 4 is 34.9 Å². The molecule has 39 heavy (non-hydrogen) atoms. The van der Waals surface area contributed by atoms with Gasteiger partial charge in [-0.2, -0.15) is 5.10 Å². The number of benzene rings is 3. The summed E-state index contributed by atoms with van der Waals surface area (Å²) in [6.45, 7) is 4.11. The van der Waals surface area contributed by atoms with Crippen LogP contribution in [0.1, 0.15) is 27.4 Å². The van der Waals surface area contributed by atoms with Crippen molar-refractivity contribution in [2.75, 3.05) is 0 Å². The number of fused-ring (bicyclic) bond motifs is 1. The molecule has 0 spiro atoms. The van der Waals surface area contributed by atoms with E-state index in [2.05, 4.69) is 62.3 Å². The number of hydrogen-bond donors (Lipinski definition) is 2. The van der Waals surface area contributed by atoms with Gasteiger partial charge in [0.1, 0.15) is 5.76 Å². The Kier molecular flexibility index (Phi) is 6.61. The van der Waals surface area contributed by atoms with Crippen LogP contribution < -0.4 is 5.43 Å². The van der Waals surface area contributed by atoms with Crippen molar-refractivity contribution < 1.29 is 9.21 Å². The van der Waals surface area contributed by atoms with Crippen molar-refractivity contribution in [2.24, 2.45) is 5.10 Å². The summed E-state index contributed by atoms with van der Waals surface area (Å²) in [5.74, 6) is 0.223. The zero-order chi connectivity index (χ0) is 26.8. The maximum absolute atomic E-state index is 12.7. The number of furan rings is 1. The predicted octanol–water partition coefficient (Wildman–Crippen LogP) is 7.15. The number of aromatic amines is 1. The minimum Gasteiger partial charge on any atom is -0.448 e. The third kappa shape index (κ3) is 5.28. The van der Waals surface area contributed by atoms with E-state index in [-0.39, 0.29) is 5.91 Å². The molecule has 6 aromatic rings. The average Bonchev–Trinajstić information content (AvgIpc) is 3.67. The van der Waals surface area contributed by atoms with E-state index in [0.29, 0.717) is 16.4 Å². The first-order valence-electron chi connectivity index (χ1n) is 12.5. The number of imidazole rings is 1. The maximum Gasteiger partial charge on any atom is 0.271 e. The van der Waals surface area contributed by atoms with Crippen molar-refractivity contribution in [1.29, 1.82) is 0 Å². The molecule has 0 fully saturated rings. The summed E-state index contributed by atoms with van der Waals surface area (Å²) in [6.07, 6.45) is 1.48. The lowest BCUT2D eigenvalue weighted by atomic mass is 10.1. The third-order valence-corrected chi connectivity index (χ3v) is 7.11. The second kappa shape index (κ2) is 10.5. The molecular weight excluding hydrogens is 506 g/mol. The Morgan fingerprint density at radius 1 is 0.974 bits per heavy atom. The third-order valence-electron chi connectivity index (χ3n) is 6.31. The fourth-order valence-corrected chi connectivity index (χ4v) is 5.17. The molecule has 0 radical (unpaired) electrons. The number of aryl methyl sites for hydroxylation is 2. The number of hydrogen-bond acceptors (Lipinski definition) is 5. The maximum atomic E-state index is 12.7. The molecule has 1 amide bonds. The predicted molar refractivity (Wildman–Crippen MR) is 155 cm³/mol. The molecule has 3 aromatic carbocycles. The molecule has 0 aliphatic rings. The summed E-state index contributed by atoms with van der Waals surface area (Å²) in [4.78, 5) is 20.5. The zero-order valence-electron chi connectivity index (χ0n) is 21.4. The Hall–Kier alpha value is -4.82. The Morgan fingerprint density at radius 3 is 2.62 bits per heavy atom. The summed E-state index contributed by atoms with van der Waals surface area (Å²) < 4.78 is 7.99. The fourth-order valence-electron chi connectivity index (χ4n) is 4.40. The summed E-state index contributed by atoms with van der Waals surface area (Å²) in [5.41, 5.74) is 10.5. The van der Waals surface area contributed by atoms with Gasteiger partial charge in [-0.25, -0.2) is 10.4 Å². The van der Waals surface area contributed by atoms with Gasteiger partial charge in [-0.1, -0.05) is 36.4 Å². The first-order valence-corrected chi connectivity index (χ1v) is 13.3. The van der Waals surface area contributed by atoms with Gasteiger partial charge in [-0.05, 0) is 97.4 Å². The van der Waals surface area contributed by atoms with E-state index in [1.807, 2.05) is 55.5 Å². The van der Waals surface area contributed by atoms with Crippen molar-refractivity contribution in [2.45, 2.75) is 24.1 Å². The molecule has 3 aromatic heterocycles. The molecule has 0 aliphatic heterocycles. The van der Waals surface area contributed by atoms with E-state index in [0.717, 1.165) is 38.8 Å².